The zero-order chi connectivity index (χ0) is 2.00. The van der Waals surface area contributed by atoms with Crippen molar-refractivity contribution in [3.05, 3.63) is 21.3 Å². The first-order chi connectivity index (χ1) is 1.00. The molecule has 0 aliphatic rings. The van der Waals surface area contributed by atoms with Crippen LogP contribution >= 0.6 is 0 Å². The van der Waals surface area contributed by atoms with Gasteiger partial charge in [0, 0.05) is 65.4 Å². The van der Waals surface area contributed by atoms with Crippen LogP contribution in [0.3, 0.4) is 0 Å². The van der Waals surface area contributed by atoms with Crippen LogP contribution in [0.15, 0.2) is 0 Å². The molecule has 0 bridgehead atoms. The molecule has 0 aromatic rings. The van der Waals surface area contributed by atoms with E-state index >= 15 is 0 Å². The van der Waals surface area contributed by atoms with Gasteiger partial charge in [-0.3, -0.25) is 0 Å². The van der Waals surface area contributed by atoms with Crippen molar-refractivity contribution in [2.75, 3.05) is 0 Å². The predicted octanol–water partition coefficient (Wildman–Crippen LogP) is 0.977. The van der Waals surface area contributed by atoms with Crippen LogP contribution in [0.5, 0.6) is 0 Å². The molecule has 0 fully saturated rings. The van der Waals surface area contributed by atoms with E-state index in [9.17, 15) is 0 Å². The summed E-state index contributed by atoms with van der Waals surface area (Å²) in [6.45, 7) is 7.00. The van der Waals surface area contributed by atoms with Crippen molar-refractivity contribution >= 4 is 0 Å². The SMILES string of the molecule is [CH3-].[CH][CH2-].[Y].[Y]. The zero-order valence-corrected chi connectivity index (χ0v) is 9.12. The summed E-state index contributed by atoms with van der Waals surface area (Å²) < 4.78 is 0. The average molecular weight is 220 g/mol. The molecule has 4 radical (unpaired) electrons. The van der Waals surface area contributed by atoms with Crippen molar-refractivity contribution in [2.45, 2.75) is 0 Å². The molecule has 0 nitrogen and oxygen atoms in total. The first-order valence-electron chi connectivity index (χ1n) is 0.408. The first-order valence-corrected chi connectivity index (χ1v) is 0.408. The van der Waals surface area contributed by atoms with Crippen molar-refractivity contribution in [3.8, 4) is 0 Å². The van der Waals surface area contributed by atoms with Gasteiger partial charge in [-0.25, -0.2) is 6.92 Å². The molecule has 0 atom stereocenters. The van der Waals surface area contributed by atoms with Crippen LogP contribution in [0.1, 0.15) is 0 Å². The fourth-order valence-corrected chi connectivity index (χ4v) is 0. The quantitative estimate of drug-likeness (QED) is 0.533. The van der Waals surface area contributed by atoms with Crippen LogP contribution < -0.4 is 0 Å². The summed E-state index contributed by atoms with van der Waals surface area (Å²) in [5.74, 6) is 0. The topological polar surface area (TPSA) is 0 Å². The summed E-state index contributed by atoms with van der Waals surface area (Å²) in [5, 5.41) is 0. The fraction of sp³-hybridized carbons (Fsp3) is 0. The summed E-state index contributed by atoms with van der Waals surface area (Å²) in [5.41, 5.74) is 0. The molecule has 0 saturated carbocycles. The monoisotopic (exact) mass is 220 g/mol. The minimum atomic E-state index is 0. The van der Waals surface area contributed by atoms with Crippen LogP contribution in [0.4, 0.5) is 0 Å². The second-order valence-electron chi connectivity index (χ2n) is 0. The smallest absolute Gasteiger partial charge is 0 e. The second kappa shape index (κ2) is 34.5. The Morgan fingerprint density at radius 1 is 1.00 bits per heavy atom. The fourth-order valence-electron chi connectivity index (χ4n) is 0. The standard InChI is InChI=1S/C2H3.CH3.2Y/c1-2;;;/h1H,2H2;1H3;;/q2*-1;;. The summed E-state index contributed by atoms with van der Waals surface area (Å²) >= 11 is 0. The van der Waals surface area contributed by atoms with E-state index in [1.54, 1.807) is 0 Å². The number of rotatable bonds is 0. The third-order valence-electron chi connectivity index (χ3n) is 0. The zero-order valence-electron chi connectivity index (χ0n) is 3.44. The molecule has 0 rings (SSSR count). The van der Waals surface area contributed by atoms with Crippen LogP contribution in [0.25, 0.3) is 0 Å². The van der Waals surface area contributed by atoms with Crippen LogP contribution in [-0.4, -0.2) is 0 Å². The Morgan fingerprint density at radius 3 is 1.00 bits per heavy atom. The molecule has 0 aromatic heterocycles. The second-order valence-corrected chi connectivity index (χ2v) is 0. The third kappa shape index (κ3) is 22.5. The molecule has 2 heteroatoms. The van der Waals surface area contributed by atoms with Crippen molar-refractivity contribution in [1.29, 1.82) is 0 Å². The van der Waals surface area contributed by atoms with Gasteiger partial charge in [0.05, 0.1) is 0 Å². The average Bonchev–Trinajstić information content (AvgIpc) is 1.00. The van der Waals surface area contributed by atoms with Crippen molar-refractivity contribution in [3.63, 3.8) is 0 Å². The minimum Gasteiger partial charge on any atom is -0.358 e. The Kier molecular flexibility index (Phi) is 186. The summed E-state index contributed by atoms with van der Waals surface area (Å²) in [7, 11) is 0. The van der Waals surface area contributed by atoms with E-state index in [0.29, 0.717) is 0 Å². The Balaban J connectivity index is -0.00000000167. The van der Waals surface area contributed by atoms with Crippen LogP contribution in [0, 0.1) is 21.3 Å². The third-order valence-corrected chi connectivity index (χ3v) is 0. The van der Waals surface area contributed by atoms with Crippen molar-refractivity contribution < 1.29 is 65.4 Å². The van der Waals surface area contributed by atoms with E-state index in [1.807, 2.05) is 0 Å². The van der Waals surface area contributed by atoms with Gasteiger partial charge in [-0.05, 0) is 0 Å². The predicted molar refractivity (Wildman–Crippen MR) is 16.1 cm³/mol. The molecule has 0 aromatic carbocycles. The molecule has 0 unspecified atom stereocenters. The molecule has 0 amide bonds. The van der Waals surface area contributed by atoms with Crippen LogP contribution in [0.2, 0.25) is 0 Å². The van der Waals surface area contributed by atoms with E-state index < -0.39 is 0 Å². The molecule has 0 spiro atoms. The Hall–Kier alpha value is 2.21. The molecule has 5 heavy (non-hydrogen) atoms. The summed E-state index contributed by atoms with van der Waals surface area (Å²) in [6.07, 6.45) is 0. The molecule has 0 N–H and O–H groups in total. The summed E-state index contributed by atoms with van der Waals surface area (Å²) in [6, 6.07) is 0. The summed E-state index contributed by atoms with van der Waals surface area (Å²) in [4.78, 5) is 0. The minimum absolute atomic E-state index is 0. The number of hydrogen-bond donors (Lipinski definition) is 0. The molecule has 26 valence electrons. The van der Waals surface area contributed by atoms with Gasteiger partial charge in [-0.15, -0.1) is 0 Å². The maximum absolute atomic E-state index is 4.25. The van der Waals surface area contributed by atoms with Gasteiger partial charge in [0.1, 0.15) is 0 Å². The van der Waals surface area contributed by atoms with Gasteiger partial charge in [-0.1, -0.05) is 0 Å². The van der Waals surface area contributed by atoms with Crippen molar-refractivity contribution in [1.82, 2.24) is 0 Å². The van der Waals surface area contributed by atoms with Crippen molar-refractivity contribution in [2.24, 2.45) is 0 Å². The van der Waals surface area contributed by atoms with Gasteiger partial charge in [0.2, 0.25) is 0 Å². The van der Waals surface area contributed by atoms with Gasteiger partial charge in [0.15, 0.2) is 0 Å². The first kappa shape index (κ1) is 27.0. The molecular formula is C3H6Y2-2. The van der Waals surface area contributed by atoms with E-state index in [1.165, 1.54) is 0 Å². The van der Waals surface area contributed by atoms with E-state index in [0.717, 1.165) is 0 Å². The molecule has 0 aliphatic carbocycles. The van der Waals surface area contributed by atoms with Gasteiger partial charge in [0.25, 0.3) is 0 Å². The normalized spacial score (nSPS) is 1.20. The van der Waals surface area contributed by atoms with Crippen LogP contribution in [-0.2, 0) is 65.4 Å². The van der Waals surface area contributed by atoms with Gasteiger partial charge >= 0.3 is 0 Å². The molecular weight excluding hydrogens is 214 g/mol. The molecule has 0 heterocycles. The number of hydrogen-bond acceptors (Lipinski definition) is 0. The van der Waals surface area contributed by atoms with E-state index in [-0.39, 0.29) is 72.8 Å². The van der Waals surface area contributed by atoms with Gasteiger partial charge < -0.3 is 14.4 Å². The van der Waals surface area contributed by atoms with Gasteiger partial charge in [-0.2, -0.15) is 0 Å². The Morgan fingerprint density at radius 2 is 1.00 bits per heavy atom. The Bertz CT molecular complexity index is 4.85. The largest absolute Gasteiger partial charge is 0.358 e. The maximum Gasteiger partial charge on any atom is 0 e. The molecule has 0 saturated heterocycles. The van der Waals surface area contributed by atoms with E-state index in [4.69, 9.17) is 0 Å². The van der Waals surface area contributed by atoms with E-state index in [2.05, 4.69) is 13.8 Å². The molecule has 0 aliphatic heterocycles. The Labute approximate surface area is 85.2 Å². The maximum atomic E-state index is 4.25.